The summed E-state index contributed by atoms with van der Waals surface area (Å²) in [6.07, 6.45) is 5.38. The molecule has 0 atom stereocenters. The molecule has 27 heavy (non-hydrogen) atoms. The molecule has 1 N–H and O–H groups in total. The van der Waals surface area contributed by atoms with E-state index >= 15 is 0 Å². The molecule has 0 aliphatic carbocycles. The summed E-state index contributed by atoms with van der Waals surface area (Å²) in [4.78, 5) is 14.9. The molecule has 0 unspecified atom stereocenters. The van der Waals surface area contributed by atoms with E-state index in [-0.39, 0.29) is 11.5 Å². The topological polar surface area (TPSA) is 56.1 Å². The summed E-state index contributed by atoms with van der Waals surface area (Å²) in [7, 11) is 0. The van der Waals surface area contributed by atoms with Gasteiger partial charge in [-0.3, -0.25) is 4.79 Å². The smallest absolute Gasteiger partial charge is 0.267 e. The van der Waals surface area contributed by atoms with Gasteiger partial charge < -0.3 is 10.2 Å². The van der Waals surface area contributed by atoms with Crippen LogP contribution in [-0.4, -0.2) is 12.5 Å². The summed E-state index contributed by atoms with van der Waals surface area (Å²) in [5, 5.41) is 12.6. The van der Waals surface area contributed by atoms with Crippen LogP contribution in [0.4, 0.5) is 11.4 Å². The van der Waals surface area contributed by atoms with Crippen molar-refractivity contribution in [2.45, 2.75) is 39.5 Å². The highest BCUT2D eigenvalue weighted by Gasteiger charge is 2.19. The fourth-order valence-electron chi connectivity index (χ4n) is 3.57. The van der Waals surface area contributed by atoms with E-state index in [1.807, 2.05) is 41.3 Å². The van der Waals surface area contributed by atoms with Crippen LogP contribution in [0.3, 0.4) is 0 Å². The maximum Gasteiger partial charge on any atom is 0.267 e. The second-order valence-electron chi connectivity index (χ2n) is 6.69. The molecule has 0 saturated heterocycles. The van der Waals surface area contributed by atoms with Crippen LogP contribution in [0.2, 0.25) is 0 Å². The molecule has 138 valence electrons. The van der Waals surface area contributed by atoms with Gasteiger partial charge in [-0.2, -0.15) is 5.26 Å². The molecule has 2 aromatic rings. The highest BCUT2D eigenvalue weighted by Crippen LogP contribution is 2.28. The van der Waals surface area contributed by atoms with Crippen molar-refractivity contribution in [2.24, 2.45) is 0 Å². The number of anilines is 2. The first-order valence-corrected chi connectivity index (χ1v) is 9.56. The van der Waals surface area contributed by atoms with Crippen LogP contribution in [0.5, 0.6) is 0 Å². The Balaban J connectivity index is 1.89. The number of hydrogen-bond acceptors (Lipinski definition) is 3. The Morgan fingerprint density at radius 1 is 1.15 bits per heavy atom. The first-order chi connectivity index (χ1) is 13.2. The predicted octanol–water partition coefficient (Wildman–Crippen LogP) is 4.61. The molecule has 4 nitrogen and oxygen atoms in total. The van der Waals surface area contributed by atoms with E-state index in [0.29, 0.717) is 0 Å². The Hall–Kier alpha value is -3.06. The minimum atomic E-state index is -0.351. The van der Waals surface area contributed by atoms with Crippen molar-refractivity contribution in [3.8, 4) is 6.07 Å². The van der Waals surface area contributed by atoms with E-state index in [2.05, 4.69) is 31.3 Å². The standard InChI is InChI=1S/C23H25N3O/c1-3-17-10-7-11-18(4-2)22(17)25-23(27)20(15-24)16-26-14-8-12-19-9-5-6-13-21(19)26/h5-7,9-11,13,16H,3-4,8,12,14H2,1-2H3,(H,25,27)/b20-16-. The third-order valence-corrected chi connectivity index (χ3v) is 5.03. The Kier molecular flexibility index (Phi) is 5.93. The fraction of sp³-hybridized carbons (Fsp3) is 0.304. The average molecular weight is 359 g/mol. The number of carbonyl (C=O) groups excluding carboxylic acids is 1. The molecule has 1 amide bonds. The van der Waals surface area contributed by atoms with E-state index in [1.54, 1.807) is 6.20 Å². The highest BCUT2D eigenvalue weighted by atomic mass is 16.1. The first-order valence-electron chi connectivity index (χ1n) is 9.56. The molecule has 1 aliphatic rings. The van der Waals surface area contributed by atoms with Gasteiger partial charge in [-0.05, 0) is 48.4 Å². The lowest BCUT2D eigenvalue weighted by Crippen LogP contribution is -2.26. The van der Waals surface area contributed by atoms with Crippen LogP contribution in [0.15, 0.2) is 54.2 Å². The minimum Gasteiger partial charge on any atom is -0.346 e. The second-order valence-corrected chi connectivity index (χ2v) is 6.69. The zero-order chi connectivity index (χ0) is 19.2. The number of amides is 1. The van der Waals surface area contributed by atoms with Gasteiger partial charge >= 0.3 is 0 Å². The number of para-hydroxylation sites is 2. The molecule has 0 spiro atoms. The van der Waals surface area contributed by atoms with Gasteiger partial charge in [0.25, 0.3) is 5.91 Å². The number of nitrogens with one attached hydrogen (secondary N) is 1. The van der Waals surface area contributed by atoms with Gasteiger partial charge in [-0.25, -0.2) is 0 Å². The normalized spacial score (nSPS) is 13.7. The summed E-state index contributed by atoms with van der Waals surface area (Å²) < 4.78 is 0. The maximum atomic E-state index is 12.8. The Bertz CT molecular complexity index is 886. The quantitative estimate of drug-likeness (QED) is 0.626. The summed E-state index contributed by atoms with van der Waals surface area (Å²) in [5.74, 6) is -0.351. The van der Waals surface area contributed by atoms with E-state index < -0.39 is 0 Å². The Morgan fingerprint density at radius 3 is 2.52 bits per heavy atom. The number of rotatable bonds is 5. The molecular weight excluding hydrogens is 334 g/mol. The maximum absolute atomic E-state index is 12.8. The van der Waals surface area contributed by atoms with E-state index in [1.165, 1.54) is 5.56 Å². The fourth-order valence-corrected chi connectivity index (χ4v) is 3.57. The van der Waals surface area contributed by atoms with Gasteiger partial charge in [0.15, 0.2) is 0 Å². The first kappa shape index (κ1) is 18.7. The van der Waals surface area contributed by atoms with E-state index in [0.717, 1.165) is 54.7 Å². The summed E-state index contributed by atoms with van der Waals surface area (Å²) in [6.45, 7) is 4.94. The Morgan fingerprint density at radius 2 is 1.85 bits per heavy atom. The van der Waals surface area contributed by atoms with Crippen LogP contribution in [0.1, 0.15) is 37.0 Å². The number of aryl methyl sites for hydroxylation is 3. The van der Waals surface area contributed by atoms with Crippen molar-refractivity contribution in [2.75, 3.05) is 16.8 Å². The van der Waals surface area contributed by atoms with Crippen molar-refractivity contribution in [3.63, 3.8) is 0 Å². The Labute approximate surface area is 161 Å². The largest absolute Gasteiger partial charge is 0.346 e. The number of nitriles is 1. The third kappa shape index (κ3) is 4.03. The summed E-state index contributed by atoms with van der Waals surface area (Å²) in [6, 6.07) is 16.3. The zero-order valence-electron chi connectivity index (χ0n) is 16.0. The number of fused-ring (bicyclic) bond motifs is 1. The van der Waals surface area contributed by atoms with Gasteiger partial charge in [-0.15, -0.1) is 0 Å². The van der Waals surface area contributed by atoms with Crippen LogP contribution in [0.25, 0.3) is 0 Å². The molecule has 2 aromatic carbocycles. The third-order valence-electron chi connectivity index (χ3n) is 5.03. The lowest BCUT2D eigenvalue weighted by Gasteiger charge is -2.28. The van der Waals surface area contributed by atoms with Gasteiger partial charge in [0.1, 0.15) is 11.6 Å². The summed E-state index contributed by atoms with van der Waals surface area (Å²) in [5.41, 5.74) is 5.47. The molecular formula is C23H25N3O. The van der Waals surface area contributed by atoms with Crippen molar-refractivity contribution in [3.05, 3.63) is 70.9 Å². The van der Waals surface area contributed by atoms with E-state index in [9.17, 15) is 10.1 Å². The van der Waals surface area contributed by atoms with Crippen LogP contribution >= 0.6 is 0 Å². The number of nitrogens with zero attached hydrogens (tertiary/aromatic N) is 2. The lowest BCUT2D eigenvalue weighted by molar-refractivity contribution is -0.112. The zero-order valence-corrected chi connectivity index (χ0v) is 16.0. The second kappa shape index (κ2) is 8.55. The molecule has 4 heteroatoms. The van der Waals surface area contributed by atoms with Gasteiger partial charge in [0.05, 0.1) is 0 Å². The summed E-state index contributed by atoms with van der Waals surface area (Å²) >= 11 is 0. The molecule has 0 bridgehead atoms. The predicted molar refractivity (Wildman–Crippen MR) is 110 cm³/mol. The highest BCUT2D eigenvalue weighted by molar-refractivity contribution is 6.07. The van der Waals surface area contributed by atoms with Crippen LogP contribution < -0.4 is 10.2 Å². The molecule has 0 saturated carbocycles. The van der Waals surface area contributed by atoms with Crippen LogP contribution in [0, 0.1) is 11.3 Å². The van der Waals surface area contributed by atoms with Crippen molar-refractivity contribution < 1.29 is 4.79 Å². The number of hydrogen-bond donors (Lipinski definition) is 1. The molecule has 3 rings (SSSR count). The molecule has 1 aliphatic heterocycles. The van der Waals surface area contributed by atoms with Gasteiger partial charge in [0, 0.05) is 24.1 Å². The monoisotopic (exact) mass is 359 g/mol. The molecule has 0 aromatic heterocycles. The van der Waals surface area contributed by atoms with Gasteiger partial charge in [-0.1, -0.05) is 50.2 Å². The average Bonchev–Trinajstić information content (AvgIpc) is 2.72. The van der Waals surface area contributed by atoms with E-state index in [4.69, 9.17) is 0 Å². The molecule has 0 radical (unpaired) electrons. The SMILES string of the molecule is CCc1cccc(CC)c1NC(=O)/C(C#N)=C\N1CCCc2ccccc21. The molecule has 1 heterocycles. The lowest BCUT2D eigenvalue weighted by atomic mass is 10.0. The minimum absolute atomic E-state index is 0.125. The van der Waals surface area contributed by atoms with Gasteiger partial charge in [0.2, 0.25) is 0 Å². The number of benzene rings is 2. The van der Waals surface area contributed by atoms with Crippen molar-refractivity contribution in [1.82, 2.24) is 0 Å². The number of carbonyl (C=O) groups is 1. The van der Waals surface area contributed by atoms with Crippen molar-refractivity contribution >= 4 is 17.3 Å². The molecule has 0 fully saturated rings. The van der Waals surface area contributed by atoms with Crippen molar-refractivity contribution in [1.29, 1.82) is 5.26 Å². The van der Waals surface area contributed by atoms with Crippen LogP contribution in [-0.2, 0) is 24.1 Å².